The Hall–Kier alpha value is -0.560. The lowest BCUT2D eigenvalue weighted by atomic mass is 10.3. The molecule has 116 valence electrons. The van der Waals surface area contributed by atoms with E-state index in [9.17, 15) is 43.2 Å². The first kappa shape index (κ1) is 18.4. The highest BCUT2D eigenvalue weighted by Gasteiger charge is 2.72. The van der Waals surface area contributed by atoms with Crippen LogP contribution in [0.15, 0.2) is 0 Å². The first-order chi connectivity index (χ1) is 8.06. The van der Waals surface area contributed by atoms with Gasteiger partial charge in [-0.15, -0.1) is 0 Å². The average molecular weight is 338 g/mol. The van der Waals surface area contributed by atoms with Crippen molar-refractivity contribution in [2.75, 3.05) is 0 Å². The van der Waals surface area contributed by atoms with Crippen LogP contribution in [0.2, 0.25) is 0 Å². The maximum Gasteiger partial charge on any atom is 0.501 e. The van der Waals surface area contributed by atoms with E-state index in [1.54, 1.807) is 0 Å². The smallest absolute Gasteiger partial charge is 0.362 e. The Morgan fingerprint density at radius 1 is 0.842 bits per heavy atom. The van der Waals surface area contributed by atoms with Gasteiger partial charge in [0, 0.05) is 6.42 Å². The van der Waals surface area contributed by atoms with Gasteiger partial charge < -0.3 is 5.11 Å². The second-order valence-electron chi connectivity index (χ2n) is 3.36. The molecule has 0 spiro atoms. The van der Waals surface area contributed by atoms with Gasteiger partial charge in [-0.25, -0.2) is 16.8 Å². The first-order valence-corrected chi connectivity index (χ1v) is 7.37. The second-order valence-corrected chi connectivity index (χ2v) is 7.91. The topological polar surface area (TPSA) is 88.5 Å². The largest absolute Gasteiger partial charge is 0.501 e. The molecule has 0 saturated carbocycles. The van der Waals surface area contributed by atoms with Gasteiger partial charge in [0.25, 0.3) is 23.9 Å². The summed E-state index contributed by atoms with van der Waals surface area (Å²) in [4.78, 5) is 0. The molecule has 0 heterocycles. The van der Waals surface area contributed by atoms with Crippen LogP contribution >= 0.6 is 0 Å². The van der Waals surface area contributed by atoms with E-state index in [2.05, 4.69) is 0 Å². The normalized spacial score (nSPS) is 15.6. The standard InChI is InChI=1S/C6H8F6O5S2/c1-2-3-4(13,18(14,15)5(7,8)9)19(16,17)6(10,11)12/h13H,2-3H2,1H3. The molecule has 0 aromatic heterocycles. The zero-order valence-corrected chi connectivity index (χ0v) is 10.7. The van der Waals surface area contributed by atoms with Crippen molar-refractivity contribution in [2.45, 2.75) is 35.0 Å². The van der Waals surface area contributed by atoms with Crippen molar-refractivity contribution < 1.29 is 48.3 Å². The molecule has 0 fully saturated rings. The summed E-state index contributed by atoms with van der Waals surface area (Å²) in [6, 6.07) is 0. The van der Waals surface area contributed by atoms with Crippen molar-refractivity contribution in [3.8, 4) is 0 Å². The molecule has 0 amide bonds. The third kappa shape index (κ3) is 2.67. The fourth-order valence-electron chi connectivity index (χ4n) is 1.09. The third-order valence-electron chi connectivity index (χ3n) is 2.02. The van der Waals surface area contributed by atoms with Crippen LogP contribution < -0.4 is 0 Å². The van der Waals surface area contributed by atoms with Gasteiger partial charge >= 0.3 is 11.0 Å². The fraction of sp³-hybridized carbons (Fsp3) is 1.00. The van der Waals surface area contributed by atoms with Crippen molar-refractivity contribution in [3.63, 3.8) is 0 Å². The summed E-state index contributed by atoms with van der Waals surface area (Å²) in [7, 11) is -14.0. The summed E-state index contributed by atoms with van der Waals surface area (Å²) in [5.74, 6) is 0. The zero-order chi connectivity index (χ0) is 15.9. The minimum atomic E-state index is -6.99. The molecule has 0 aliphatic rings. The maximum atomic E-state index is 12.2. The molecular formula is C6H8F6O5S2. The van der Waals surface area contributed by atoms with Crippen molar-refractivity contribution in [1.29, 1.82) is 0 Å². The van der Waals surface area contributed by atoms with Crippen LogP contribution in [0.4, 0.5) is 26.3 Å². The molecule has 19 heavy (non-hydrogen) atoms. The highest BCUT2D eigenvalue weighted by atomic mass is 32.3. The molecule has 0 rings (SSSR count). The van der Waals surface area contributed by atoms with E-state index in [0.29, 0.717) is 0 Å². The molecule has 1 N–H and O–H groups in total. The molecular weight excluding hydrogens is 330 g/mol. The van der Waals surface area contributed by atoms with E-state index in [1.807, 2.05) is 0 Å². The molecule has 5 nitrogen and oxygen atoms in total. The lowest BCUT2D eigenvalue weighted by molar-refractivity contribution is -0.0573. The van der Waals surface area contributed by atoms with Crippen LogP contribution in [0.5, 0.6) is 0 Å². The van der Waals surface area contributed by atoms with Crippen LogP contribution in [-0.2, 0) is 19.7 Å². The molecule has 0 unspecified atom stereocenters. The highest BCUT2D eigenvalue weighted by molar-refractivity contribution is 8.10. The van der Waals surface area contributed by atoms with Gasteiger partial charge in [0.15, 0.2) is 0 Å². The summed E-state index contributed by atoms with van der Waals surface area (Å²) in [6.45, 7) is 0.906. The van der Waals surface area contributed by atoms with Gasteiger partial charge in [-0.3, -0.25) is 0 Å². The molecule has 0 aliphatic heterocycles. The third-order valence-corrected chi connectivity index (χ3v) is 6.64. The highest BCUT2D eigenvalue weighted by Crippen LogP contribution is 2.44. The van der Waals surface area contributed by atoms with Crippen LogP contribution in [0.1, 0.15) is 19.8 Å². The quantitative estimate of drug-likeness (QED) is 0.781. The van der Waals surface area contributed by atoms with E-state index in [4.69, 9.17) is 5.11 Å². The summed E-state index contributed by atoms with van der Waals surface area (Å²) in [5, 5.41) is 9.12. The van der Waals surface area contributed by atoms with Gasteiger partial charge in [-0.1, -0.05) is 13.3 Å². The van der Waals surface area contributed by atoms with Crippen LogP contribution in [0.3, 0.4) is 0 Å². The summed E-state index contributed by atoms with van der Waals surface area (Å²) in [5.41, 5.74) is -12.7. The lowest BCUT2D eigenvalue weighted by Crippen LogP contribution is -2.56. The zero-order valence-electron chi connectivity index (χ0n) is 9.08. The lowest BCUT2D eigenvalue weighted by Gasteiger charge is -2.28. The fourth-order valence-corrected chi connectivity index (χ4v) is 4.48. The first-order valence-electron chi connectivity index (χ1n) is 4.40. The van der Waals surface area contributed by atoms with Crippen LogP contribution in [0.25, 0.3) is 0 Å². The Bertz CT molecular complexity index is 483. The second kappa shape index (κ2) is 4.77. The van der Waals surface area contributed by atoms with E-state index < -0.39 is 47.8 Å². The Balaban J connectivity index is 6.40. The van der Waals surface area contributed by atoms with Gasteiger partial charge in [-0.2, -0.15) is 26.3 Å². The monoisotopic (exact) mass is 338 g/mol. The average Bonchev–Trinajstić information content (AvgIpc) is 2.13. The molecule has 0 radical (unpaired) electrons. The van der Waals surface area contributed by atoms with Crippen molar-refractivity contribution in [3.05, 3.63) is 0 Å². The van der Waals surface area contributed by atoms with Crippen LogP contribution in [0, 0.1) is 0 Å². The number of sulfone groups is 2. The molecule has 0 bridgehead atoms. The van der Waals surface area contributed by atoms with Crippen molar-refractivity contribution >= 4 is 19.7 Å². The van der Waals surface area contributed by atoms with E-state index >= 15 is 0 Å². The van der Waals surface area contributed by atoms with Crippen LogP contribution in [-0.4, -0.2) is 37.2 Å². The van der Waals surface area contributed by atoms with Gasteiger partial charge in [0.1, 0.15) is 0 Å². The molecule has 0 aromatic carbocycles. The molecule has 13 heteroatoms. The summed E-state index contributed by atoms with van der Waals surface area (Å²) >= 11 is 0. The summed E-state index contributed by atoms with van der Waals surface area (Å²) in [6.07, 6.45) is -2.52. The number of rotatable bonds is 4. The van der Waals surface area contributed by atoms with E-state index in [1.165, 1.54) is 0 Å². The molecule has 0 saturated heterocycles. The number of alkyl halides is 6. The number of hydrogen-bond acceptors (Lipinski definition) is 5. The van der Waals surface area contributed by atoms with E-state index in [0.717, 1.165) is 6.92 Å². The van der Waals surface area contributed by atoms with Gasteiger partial charge in [0.05, 0.1) is 0 Å². The number of halogens is 6. The van der Waals surface area contributed by atoms with Gasteiger partial charge in [0.2, 0.25) is 0 Å². The van der Waals surface area contributed by atoms with E-state index in [-0.39, 0.29) is 0 Å². The Morgan fingerprint density at radius 3 is 1.26 bits per heavy atom. The minimum Gasteiger partial charge on any atom is -0.362 e. The van der Waals surface area contributed by atoms with Crippen molar-refractivity contribution in [1.82, 2.24) is 0 Å². The minimum absolute atomic E-state index is 0.749. The Kier molecular flexibility index (Phi) is 4.63. The maximum absolute atomic E-state index is 12.2. The molecule has 0 aromatic rings. The molecule has 0 atom stereocenters. The SMILES string of the molecule is CCCC(O)(S(=O)(=O)C(F)(F)F)S(=O)(=O)C(F)(F)F. The number of hydrogen-bond donors (Lipinski definition) is 1. The Morgan fingerprint density at radius 2 is 1.11 bits per heavy atom. The number of aliphatic hydroxyl groups is 1. The predicted octanol–water partition coefficient (Wildman–Crippen LogP) is 1.30. The predicted molar refractivity (Wildman–Crippen MR) is 49.8 cm³/mol. The van der Waals surface area contributed by atoms with Crippen molar-refractivity contribution in [2.24, 2.45) is 0 Å². The summed E-state index contributed by atoms with van der Waals surface area (Å²) < 4.78 is 112. The molecule has 0 aliphatic carbocycles. The Labute approximate surface area is 104 Å². The van der Waals surface area contributed by atoms with Gasteiger partial charge in [-0.05, 0) is 0 Å².